The molecule has 7 nitrogen and oxygen atoms in total. The minimum atomic E-state index is -0.477. The quantitative estimate of drug-likeness (QED) is 0.411. The minimum absolute atomic E-state index is 0.139. The molecule has 0 aliphatic heterocycles. The number of nitrogens with zero attached hydrogens (tertiary/aromatic N) is 2. The van der Waals surface area contributed by atoms with Crippen LogP contribution in [0.1, 0.15) is 21.9 Å². The zero-order valence-corrected chi connectivity index (χ0v) is 15.9. The summed E-state index contributed by atoms with van der Waals surface area (Å²) in [5, 5.41) is 10.0. The number of methoxy groups -OCH3 is 1. The summed E-state index contributed by atoms with van der Waals surface area (Å²) in [7, 11) is 1.31. The molecule has 2 aromatic carbocycles. The number of carbonyl (C=O) groups is 1. The summed E-state index contributed by atoms with van der Waals surface area (Å²) in [5.74, 6) is 0.486. The normalized spacial score (nSPS) is 11.3. The van der Waals surface area contributed by atoms with Crippen molar-refractivity contribution >= 4 is 28.5 Å². The second-order valence-corrected chi connectivity index (χ2v) is 6.34. The van der Waals surface area contributed by atoms with Crippen molar-refractivity contribution in [3.63, 3.8) is 0 Å². The first-order valence-corrected chi connectivity index (χ1v) is 8.99. The number of furan rings is 1. The van der Waals surface area contributed by atoms with E-state index >= 15 is 0 Å². The van der Waals surface area contributed by atoms with E-state index in [1.54, 1.807) is 60.7 Å². The van der Waals surface area contributed by atoms with Crippen LogP contribution in [0, 0.1) is 11.3 Å². The highest BCUT2D eigenvalue weighted by Crippen LogP contribution is 2.28. The van der Waals surface area contributed by atoms with Gasteiger partial charge in [0.1, 0.15) is 17.6 Å². The maximum absolute atomic E-state index is 12.3. The van der Waals surface area contributed by atoms with Crippen molar-refractivity contribution in [1.29, 1.82) is 5.26 Å². The van der Waals surface area contributed by atoms with Gasteiger partial charge in [-0.05, 0) is 30.3 Å². The number of para-hydroxylation sites is 1. The molecule has 0 aliphatic rings. The van der Waals surface area contributed by atoms with Gasteiger partial charge in [0, 0.05) is 11.6 Å². The highest BCUT2D eigenvalue weighted by Gasteiger charge is 2.16. The lowest BCUT2D eigenvalue weighted by atomic mass is 10.1. The van der Waals surface area contributed by atoms with E-state index in [1.807, 2.05) is 6.07 Å². The smallest absolute Gasteiger partial charge is 0.338 e. The number of hydrogen-bond donors (Lipinski definition) is 1. The van der Waals surface area contributed by atoms with E-state index in [0.29, 0.717) is 33.6 Å². The Morgan fingerprint density at radius 2 is 1.90 bits per heavy atom. The van der Waals surface area contributed by atoms with Crippen molar-refractivity contribution in [2.75, 3.05) is 7.11 Å². The maximum atomic E-state index is 12.3. The summed E-state index contributed by atoms with van der Waals surface area (Å²) in [6, 6.07) is 19.2. The zero-order chi connectivity index (χ0) is 21.1. The van der Waals surface area contributed by atoms with E-state index in [1.165, 1.54) is 13.2 Å². The van der Waals surface area contributed by atoms with Gasteiger partial charge in [-0.3, -0.25) is 4.79 Å². The Labute approximate surface area is 170 Å². The Hall–Kier alpha value is -4.44. The molecule has 30 heavy (non-hydrogen) atoms. The van der Waals surface area contributed by atoms with Gasteiger partial charge in [0.05, 0.1) is 29.1 Å². The van der Waals surface area contributed by atoms with Crippen molar-refractivity contribution in [3.05, 3.63) is 88.2 Å². The number of nitriles is 1. The van der Waals surface area contributed by atoms with E-state index < -0.39 is 5.97 Å². The van der Waals surface area contributed by atoms with E-state index in [4.69, 9.17) is 9.15 Å². The molecule has 0 bridgehead atoms. The van der Waals surface area contributed by atoms with Gasteiger partial charge in [0.15, 0.2) is 5.82 Å². The fourth-order valence-corrected chi connectivity index (χ4v) is 3.07. The molecule has 146 valence electrons. The Morgan fingerprint density at radius 1 is 1.13 bits per heavy atom. The predicted octanol–water partition coefficient (Wildman–Crippen LogP) is 4.03. The lowest BCUT2D eigenvalue weighted by molar-refractivity contribution is 0.0601. The summed E-state index contributed by atoms with van der Waals surface area (Å²) in [5.41, 5.74) is 1.24. The van der Waals surface area contributed by atoms with Crippen molar-refractivity contribution in [1.82, 2.24) is 9.97 Å². The molecular weight excluding hydrogens is 382 g/mol. The molecule has 0 saturated carbocycles. The number of allylic oxidation sites excluding steroid dienone is 1. The number of aromatic amines is 1. The van der Waals surface area contributed by atoms with Gasteiger partial charge in [-0.25, -0.2) is 9.78 Å². The fraction of sp³-hybridized carbons (Fsp3) is 0.0435. The molecule has 0 fully saturated rings. The second kappa shape index (κ2) is 7.89. The van der Waals surface area contributed by atoms with E-state index in [0.717, 1.165) is 0 Å². The molecule has 4 rings (SSSR count). The first-order valence-electron chi connectivity index (χ1n) is 8.99. The molecule has 0 amide bonds. The van der Waals surface area contributed by atoms with Crippen LogP contribution in [0.5, 0.6) is 0 Å². The highest BCUT2D eigenvalue weighted by molar-refractivity contribution is 5.96. The van der Waals surface area contributed by atoms with Crippen molar-refractivity contribution in [2.45, 2.75) is 0 Å². The summed E-state index contributed by atoms with van der Waals surface area (Å²) in [6.07, 6.45) is 1.48. The molecule has 4 aromatic rings. The largest absolute Gasteiger partial charge is 0.465 e. The molecule has 0 atom stereocenters. The van der Waals surface area contributed by atoms with Gasteiger partial charge >= 0.3 is 5.97 Å². The lowest BCUT2D eigenvalue weighted by Gasteiger charge is -2.04. The Kier molecular flexibility index (Phi) is 4.97. The SMILES string of the molecule is COC(=O)c1ccccc1-c1ccc(/C=C(\C#N)c2nc3ccccc3c(=O)[nH]2)o1. The number of benzene rings is 2. The minimum Gasteiger partial charge on any atom is -0.465 e. The molecule has 2 aromatic heterocycles. The average molecular weight is 397 g/mol. The maximum Gasteiger partial charge on any atom is 0.338 e. The summed E-state index contributed by atoms with van der Waals surface area (Å²) >= 11 is 0. The van der Waals surface area contributed by atoms with Crippen molar-refractivity contribution in [2.24, 2.45) is 0 Å². The third-order valence-corrected chi connectivity index (χ3v) is 4.50. The van der Waals surface area contributed by atoms with Crippen molar-refractivity contribution < 1.29 is 13.9 Å². The zero-order valence-electron chi connectivity index (χ0n) is 15.9. The molecule has 0 saturated heterocycles. The third kappa shape index (κ3) is 3.50. The number of nitrogens with one attached hydrogen (secondary N) is 1. The number of H-pyrrole nitrogens is 1. The number of hydrogen-bond acceptors (Lipinski definition) is 6. The second-order valence-electron chi connectivity index (χ2n) is 6.34. The van der Waals surface area contributed by atoms with Gasteiger partial charge in [0.25, 0.3) is 5.56 Å². The Bertz CT molecular complexity index is 1390. The molecule has 0 spiro atoms. The van der Waals surface area contributed by atoms with Crippen LogP contribution in [0.4, 0.5) is 0 Å². The molecule has 0 unspecified atom stereocenters. The molecule has 0 aliphatic carbocycles. The van der Waals surface area contributed by atoms with Crippen molar-refractivity contribution in [3.8, 4) is 17.4 Å². The number of ether oxygens (including phenoxy) is 1. The Balaban J connectivity index is 1.75. The first-order chi connectivity index (χ1) is 14.6. The number of aromatic nitrogens is 2. The van der Waals surface area contributed by atoms with Crippen LogP contribution < -0.4 is 5.56 Å². The topological polar surface area (TPSA) is 109 Å². The van der Waals surface area contributed by atoms with E-state index in [-0.39, 0.29) is 17.0 Å². The highest BCUT2D eigenvalue weighted by atomic mass is 16.5. The first kappa shape index (κ1) is 18.9. The summed E-state index contributed by atoms with van der Waals surface area (Å²) in [4.78, 5) is 31.3. The van der Waals surface area contributed by atoms with Gasteiger partial charge < -0.3 is 14.1 Å². The number of fused-ring (bicyclic) bond motifs is 1. The molecule has 1 N–H and O–H groups in total. The van der Waals surface area contributed by atoms with Crippen LogP contribution in [0.2, 0.25) is 0 Å². The molecule has 2 heterocycles. The van der Waals surface area contributed by atoms with Crippen LogP contribution in [0.15, 0.2) is 69.9 Å². The monoisotopic (exact) mass is 397 g/mol. The van der Waals surface area contributed by atoms with Crippen LogP contribution in [0.3, 0.4) is 0 Å². The van der Waals surface area contributed by atoms with Crippen LogP contribution in [-0.2, 0) is 4.74 Å². The van der Waals surface area contributed by atoms with Crippen LogP contribution >= 0.6 is 0 Å². The number of esters is 1. The lowest BCUT2D eigenvalue weighted by Crippen LogP contribution is -2.11. The van der Waals surface area contributed by atoms with Gasteiger partial charge in [-0.1, -0.05) is 30.3 Å². The van der Waals surface area contributed by atoms with Crippen LogP contribution in [-0.4, -0.2) is 23.0 Å². The number of carbonyl (C=O) groups excluding carboxylic acids is 1. The van der Waals surface area contributed by atoms with E-state index in [9.17, 15) is 14.9 Å². The van der Waals surface area contributed by atoms with Gasteiger partial charge in [-0.15, -0.1) is 0 Å². The fourth-order valence-electron chi connectivity index (χ4n) is 3.07. The molecule has 0 radical (unpaired) electrons. The van der Waals surface area contributed by atoms with Crippen LogP contribution in [0.25, 0.3) is 33.9 Å². The predicted molar refractivity (Wildman–Crippen MR) is 111 cm³/mol. The van der Waals surface area contributed by atoms with Gasteiger partial charge in [-0.2, -0.15) is 5.26 Å². The molecular formula is C23H15N3O4. The average Bonchev–Trinajstić information content (AvgIpc) is 3.25. The third-order valence-electron chi connectivity index (χ3n) is 4.50. The van der Waals surface area contributed by atoms with Gasteiger partial charge in [0.2, 0.25) is 0 Å². The summed E-state index contributed by atoms with van der Waals surface area (Å²) < 4.78 is 10.6. The molecule has 7 heteroatoms. The summed E-state index contributed by atoms with van der Waals surface area (Å²) in [6.45, 7) is 0. The van der Waals surface area contributed by atoms with E-state index in [2.05, 4.69) is 9.97 Å². The number of rotatable bonds is 4. The standard InChI is InChI=1S/C23H15N3O4/c1-29-23(28)17-7-3-2-6-16(17)20-11-10-15(30-20)12-14(13-24)21-25-19-9-5-4-8-18(19)22(27)26-21/h2-12H,1H3,(H,25,26,27)/b14-12+. The Morgan fingerprint density at radius 3 is 2.70 bits per heavy atom.